The zero-order chi connectivity index (χ0) is 10.4. The van der Waals surface area contributed by atoms with Gasteiger partial charge in [0.1, 0.15) is 5.82 Å². The monoisotopic (exact) mass is 181 g/mol. The average Bonchev–Trinajstić information content (AvgIpc) is 2.15. The van der Waals surface area contributed by atoms with Crippen molar-refractivity contribution in [1.29, 1.82) is 0 Å². The van der Waals surface area contributed by atoms with Gasteiger partial charge in [0.05, 0.1) is 5.69 Å². The first-order chi connectivity index (χ1) is 6.15. The van der Waals surface area contributed by atoms with E-state index in [1.165, 1.54) is 6.07 Å². The lowest BCUT2D eigenvalue weighted by Gasteiger charge is -2.02. The lowest BCUT2D eigenvalue weighted by Crippen LogP contribution is -1.92. The molecule has 0 fully saturated rings. The number of nitrogens with two attached hydrogens (primary N) is 1. The Morgan fingerprint density at radius 1 is 1.38 bits per heavy atom. The Balaban J connectivity index is 0.000000671. The number of halogens is 1. The van der Waals surface area contributed by atoms with E-state index in [0.717, 1.165) is 11.1 Å². The van der Waals surface area contributed by atoms with E-state index in [0.29, 0.717) is 0 Å². The van der Waals surface area contributed by atoms with E-state index in [-0.39, 0.29) is 11.5 Å². The first-order valence-corrected chi connectivity index (χ1v) is 4.33. The molecule has 0 radical (unpaired) electrons. The van der Waals surface area contributed by atoms with Gasteiger partial charge in [-0.05, 0) is 30.2 Å². The summed E-state index contributed by atoms with van der Waals surface area (Å²) in [6.45, 7) is 9.42. The van der Waals surface area contributed by atoms with Crippen molar-refractivity contribution in [3.8, 4) is 0 Å². The highest BCUT2D eigenvalue weighted by Gasteiger charge is 2.00. The molecule has 0 aromatic heterocycles. The van der Waals surface area contributed by atoms with Gasteiger partial charge in [0.2, 0.25) is 0 Å². The largest absolute Gasteiger partial charge is 0.396 e. The number of nitrogen functional groups attached to an aromatic ring is 1. The molecular formula is C11H16FN. The molecule has 0 saturated heterocycles. The van der Waals surface area contributed by atoms with Crippen LogP contribution in [0.1, 0.15) is 25.0 Å². The second-order valence-electron chi connectivity index (χ2n) is 2.43. The van der Waals surface area contributed by atoms with Crippen molar-refractivity contribution in [2.75, 3.05) is 5.73 Å². The van der Waals surface area contributed by atoms with Gasteiger partial charge in [-0.25, -0.2) is 4.39 Å². The highest BCUT2D eigenvalue weighted by Crippen LogP contribution is 2.17. The molecule has 1 aromatic rings. The second kappa shape index (κ2) is 5.36. The molecule has 1 rings (SSSR count). The predicted octanol–water partition coefficient (Wildman–Crippen LogP) is 3.39. The molecule has 0 atom stereocenters. The normalized spacial score (nSPS) is 8.62. The highest BCUT2D eigenvalue weighted by atomic mass is 19.1. The molecule has 2 N–H and O–H groups in total. The summed E-state index contributed by atoms with van der Waals surface area (Å²) in [5.74, 6) is -0.384. The Kier molecular flexibility index (Phi) is 4.82. The topological polar surface area (TPSA) is 26.0 Å². The van der Waals surface area contributed by atoms with Crippen molar-refractivity contribution < 1.29 is 4.39 Å². The van der Waals surface area contributed by atoms with Crippen LogP contribution in [0.5, 0.6) is 0 Å². The van der Waals surface area contributed by atoms with Gasteiger partial charge in [0.25, 0.3) is 0 Å². The third-order valence-corrected chi connectivity index (χ3v) is 1.61. The van der Waals surface area contributed by atoms with Crippen LogP contribution in [0.4, 0.5) is 10.1 Å². The first kappa shape index (κ1) is 11.7. The molecule has 0 spiro atoms. The van der Waals surface area contributed by atoms with Gasteiger partial charge in [-0.2, -0.15) is 0 Å². The Hall–Kier alpha value is -1.31. The van der Waals surface area contributed by atoms with Gasteiger partial charge >= 0.3 is 0 Å². The molecule has 0 aliphatic heterocycles. The molecule has 1 aromatic carbocycles. The Morgan fingerprint density at radius 2 is 1.92 bits per heavy atom. The third-order valence-electron chi connectivity index (χ3n) is 1.61. The van der Waals surface area contributed by atoms with Crippen LogP contribution in [0, 0.1) is 12.7 Å². The van der Waals surface area contributed by atoms with Crippen molar-refractivity contribution in [3.05, 3.63) is 35.7 Å². The first-order valence-electron chi connectivity index (χ1n) is 4.33. The SMILES string of the molecule is C=Cc1cc(F)c(N)cc1C.CC. The Morgan fingerprint density at radius 3 is 2.38 bits per heavy atom. The minimum atomic E-state index is -0.384. The van der Waals surface area contributed by atoms with Crippen LogP contribution in [0.2, 0.25) is 0 Å². The second-order valence-corrected chi connectivity index (χ2v) is 2.43. The summed E-state index contributed by atoms with van der Waals surface area (Å²) in [6, 6.07) is 2.99. The van der Waals surface area contributed by atoms with E-state index in [4.69, 9.17) is 5.73 Å². The highest BCUT2D eigenvalue weighted by molar-refractivity contribution is 5.57. The van der Waals surface area contributed by atoms with Crippen molar-refractivity contribution in [2.45, 2.75) is 20.8 Å². The molecule has 0 unspecified atom stereocenters. The van der Waals surface area contributed by atoms with Crippen LogP contribution in [-0.4, -0.2) is 0 Å². The molecule has 0 bridgehead atoms. The summed E-state index contributed by atoms with van der Waals surface area (Å²) in [5, 5.41) is 0. The predicted molar refractivity (Wildman–Crippen MR) is 57.0 cm³/mol. The molecule has 0 saturated carbocycles. The van der Waals surface area contributed by atoms with Crippen molar-refractivity contribution in [2.24, 2.45) is 0 Å². The molecular weight excluding hydrogens is 165 g/mol. The van der Waals surface area contributed by atoms with E-state index in [9.17, 15) is 4.39 Å². The fourth-order valence-corrected chi connectivity index (χ4v) is 0.939. The van der Waals surface area contributed by atoms with E-state index in [1.807, 2.05) is 20.8 Å². The number of rotatable bonds is 1. The number of anilines is 1. The van der Waals surface area contributed by atoms with Gasteiger partial charge in [0, 0.05) is 0 Å². The average molecular weight is 181 g/mol. The Bertz CT molecular complexity index is 292. The van der Waals surface area contributed by atoms with E-state index >= 15 is 0 Å². The third kappa shape index (κ3) is 2.90. The van der Waals surface area contributed by atoms with Crippen molar-refractivity contribution in [1.82, 2.24) is 0 Å². The standard InChI is InChI=1S/C9H10FN.C2H6/c1-3-7-5-8(10)9(11)4-6(7)2;1-2/h3-5H,1,11H2,2H3;1-2H3. The summed E-state index contributed by atoms with van der Waals surface area (Å²) in [5.41, 5.74) is 7.26. The quantitative estimate of drug-likeness (QED) is 0.660. The van der Waals surface area contributed by atoms with Gasteiger partial charge in [-0.3, -0.25) is 0 Å². The summed E-state index contributed by atoms with van der Waals surface area (Å²) >= 11 is 0. The summed E-state index contributed by atoms with van der Waals surface area (Å²) in [4.78, 5) is 0. The van der Waals surface area contributed by atoms with Crippen LogP contribution < -0.4 is 5.73 Å². The molecule has 1 nitrogen and oxygen atoms in total. The van der Waals surface area contributed by atoms with Crippen LogP contribution in [0.15, 0.2) is 18.7 Å². The molecule has 13 heavy (non-hydrogen) atoms. The maximum absolute atomic E-state index is 12.8. The summed E-state index contributed by atoms with van der Waals surface area (Å²) < 4.78 is 12.8. The van der Waals surface area contributed by atoms with Crippen LogP contribution in [0.3, 0.4) is 0 Å². The fraction of sp³-hybridized carbons (Fsp3) is 0.273. The van der Waals surface area contributed by atoms with Gasteiger partial charge in [-0.15, -0.1) is 0 Å². The maximum atomic E-state index is 12.8. The van der Waals surface area contributed by atoms with Crippen molar-refractivity contribution in [3.63, 3.8) is 0 Å². The van der Waals surface area contributed by atoms with Crippen LogP contribution in [-0.2, 0) is 0 Å². The molecule has 72 valence electrons. The zero-order valence-corrected chi connectivity index (χ0v) is 8.39. The van der Waals surface area contributed by atoms with Crippen LogP contribution >= 0.6 is 0 Å². The maximum Gasteiger partial charge on any atom is 0.146 e. The zero-order valence-electron chi connectivity index (χ0n) is 8.39. The Labute approximate surface area is 79.1 Å². The smallest absolute Gasteiger partial charge is 0.146 e. The lowest BCUT2D eigenvalue weighted by atomic mass is 10.1. The lowest BCUT2D eigenvalue weighted by molar-refractivity contribution is 0.632. The van der Waals surface area contributed by atoms with Gasteiger partial charge in [-0.1, -0.05) is 26.5 Å². The molecule has 0 amide bonds. The number of benzene rings is 1. The minimum absolute atomic E-state index is 0.188. The minimum Gasteiger partial charge on any atom is -0.396 e. The van der Waals surface area contributed by atoms with E-state index < -0.39 is 0 Å². The number of hydrogen-bond acceptors (Lipinski definition) is 1. The van der Waals surface area contributed by atoms with Gasteiger partial charge < -0.3 is 5.73 Å². The van der Waals surface area contributed by atoms with Gasteiger partial charge in [0.15, 0.2) is 0 Å². The summed E-state index contributed by atoms with van der Waals surface area (Å²) in [7, 11) is 0. The van der Waals surface area contributed by atoms with E-state index in [2.05, 4.69) is 6.58 Å². The molecule has 0 heterocycles. The summed E-state index contributed by atoms with van der Waals surface area (Å²) in [6.07, 6.45) is 1.61. The number of hydrogen-bond donors (Lipinski definition) is 1. The molecule has 0 aliphatic rings. The molecule has 0 aliphatic carbocycles. The van der Waals surface area contributed by atoms with E-state index in [1.54, 1.807) is 12.1 Å². The van der Waals surface area contributed by atoms with Crippen molar-refractivity contribution >= 4 is 11.8 Å². The fourth-order valence-electron chi connectivity index (χ4n) is 0.939. The molecule has 2 heteroatoms. The van der Waals surface area contributed by atoms with Crippen LogP contribution in [0.25, 0.3) is 6.08 Å². The number of aryl methyl sites for hydroxylation is 1.